The molecule has 122 valence electrons. The van der Waals surface area contributed by atoms with E-state index in [0.29, 0.717) is 0 Å². The molecular weight excluding hydrogens is 433 g/mol. The Kier molecular flexibility index (Phi) is 5.33. The molecule has 0 aliphatic carbocycles. The predicted octanol–water partition coefficient (Wildman–Crippen LogP) is 4.36. The maximum Gasteiger partial charge on any atom is 0.241 e. The molecule has 0 spiro atoms. The van der Waals surface area contributed by atoms with E-state index in [-0.39, 0.29) is 4.90 Å². The van der Waals surface area contributed by atoms with Crippen LogP contribution >= 0.6 is 22.6 Å². The molecule has 0 fully saturated rings. The Labute approximate surface area is 155 Å². The van der Waals surface area contributed by atoms with Crippen LogP contribution in [0.1, 0.15) is 17.2 Å². The number of benzene rings is 3. The van der Waals surface area contributed by atoms with Gasteiger partial charge in [-0.1, -0.05) is 60.7 Å². The number of hydrogen-bond acceptors (Lipinski definition) is 2. The summed E-state index contributed by atoms with van der Waals surface area (Å²) in [6.45, 7) is 0. The van der Waals surface area contributed by atoms with E-state index in [4.69, 9.17) is 0 Å². The van der Waals surface area contributed by atoms with Crippen molar-refractivity contribution in [1.82, 2.24) is 4.72 Å². The highest BCUT2D eigenvalue weighted by Gasteiger charge is 2.22. The van der Waals surface area contributed by atoms with Crippen LogP contribution in [0.25, 0.3) is 0 Å². The summed E-state index contributed by atoms with van der Waals surface area (Å²) in [6.07, 6.45) is 0. The average Bonchev–Trinajstić information content (AvgIpc) is 2.62. The second-order valence-corrected chi connectivity index (χ2v) is 8.29. The van der Waals surface area contributed by atoms with Gasteiger partial charge in [-0.15, -0.1) is 0 Å². The Morgan fingerprint density at radius 1 is 0.708 bits per heavy atom. The van der Waals surface area contributed by atoms with Crippen molar-refractivity contribution in [3.8, 4) is 0 Å². The van der Waals surface area contributed by atoms with E-state index < -0.39 is 16.1 Å². The zero-order valence-electron chi connectivity index (χ0n) is 12.8. The fraction of sp³-hybridized carbons (Fsp3) is 0.0526. The first-order valence-electron chi connectivity index (χ1n) is 7.44. The first-order valence-corrected chi connectivity index (χ1v) is 10.0. The monoisotopic (exact) mass is 449 g/mol. The van der Waals surface area contributed by atoms with E-state index >= 15 is 0 Å². The zero-order valence-corrected chi connectivity index (χ0v) is 15.7. The second kappa shape index (κ2) is 7.46. The molecule has 5 heteroatoms. The molecule has 3 nitrogen and oxygen atoms in total. The first-order chi connectivity index (χ1) is 11.6. The lowest BCUT2D eigenvalue weighted by molar-refractivity contribution is 0.572. The quantitative estimate of drug-likeness (QED) is 0.589. The van der Waals surface area contributed by atoms with Gasteiger partial charge in [0.2, 0.25) is 10.0 Å². The third kappa shape index (κ3) is 4.03. The molecular formula is C19H16INO2S. The molecule has 0 saturated heterocycles. The van der Waals surface area contributed by atoms with Crippen molar-refractivity contribution in [2.75, 3.05) is 0 Å². The van der Waals surface area contributed by atoms with Crippen LogP contribution in [0.2, 0.25) is 0 Å². The lowest BCUT2D eigenvalue weighted by atomic mass is 10.00. The summed E-state index contributed by atoms with van der Waals surface area (Å²) in [5.74, 6) is 0. The van der Waals surface area contributed by atoms with Crippen LogP contribution in [0.3, 0.4) is 0 Å². The maximum absolute atomic E-state index is 12.8. The predicted molar refractivity (Wildman–Crippen MR) is 104 cm³/mol. The van der Waals surface area contributed by atoms with Gasteiger partial charge in [0.1, 0.15) is 0 Å². The largest absolute Gasteiger partial charge is 0.241 e. The van der Waals surface area contributed by atoms with E-state index in [2.05, 4.69) is 27.3 Å². The van der Waals surface area contributed by atoms with Gasteiger partial charge in [-0.3, -0.25) is 0 Å². The van der Waals surface area contributed by atoms with Gasteiger partial charge < -0.3 is 0 Å². The molecule has 0 bridgehead atoms. The minimum absolute atomic E-state index is 0.264. The Hall–Kier alpha value is -1.70. The van der Waals surface area contributed by atoms with Crippen molar-refractivity contribution in [3.63, 3.8) is 0 Å². The highest BCUT2D eigenvalue weighted by Crippen LogP contribution is 2.24. The molecule has 3 rings (SSSR count). The van der Waals surface area contributed by atoms with Gasteiger partial charge in [-0.25, -0.2) is 8.42 Å². The van der Waals surface area contributed by atoms with Crippen molar-refractivity contribution in [1.29, 1.82) is 0 Å². The van der Waals surface area contributed by atoms with Crippen molar-refractivity contribution >= 4 is 32.6 Å². The van der Waals surface area contributed by atoms with Crippen molar-refractivity contribution in [3.05, 3.63) is 99.6 Å². The van der Waals surface area contributed by atoms with Gasteiger partial charge >= 0.3 is 0 Å². The molecule has 0 aliphatic rings. The summed E-state index contributed by atoms with van der Waals surface area (Å²) in [6, 6.07) is 25.5. The van der Waals surface area contributed by atoms with Gasteiger partial charge in [0.25, 0.3) is 0 Å². The van der Waals surface area contributed by atoms with Crippen LogP contribution in [0.15, 0.2) is 89.8 Å². The smallest absolute Gasteiger partial charge is 0.207 e. The number of sulfonamides is 1. The highest BCUT2D eigenvalue weighted by molar-refractivity contribution is 14.1. The number of rotatable bonds is 5. The standard InChI is InChI=1S/C19H16INO2S/c20-17-11-13-18(14-12-17)24(22,23)21-19(15-7-3-1-4-8-15)16-9-5-2-6-10-16/h1-14,19,21H. The summed E-state index contributed by atoms with van der Waals surface area (Å²) < 4.78 is 29.4. The highest BCUT2D eigenvalue weighted by atomic mass is 127. The van der Waals surface area contributed by atoms with Gasteiger partial charge in [-0.05, 0) is 58.0 Å². The zero-order chi connectivity index (χ0) is 17.0. The first kappa shape index (κ1) is 17.1. The third-order valence-corrected chi connectivity index (χ3v) is 5.82. The van der Waals surface area contributed by atoms with E-state index in [1.807, 2.05) is 60.7 Å². The Morgan fingerprint density at radius 2 is 1.17 bits per heavy atom. The summed E-state index contributed by atoms with van der Waals surface area (Å²) >= 11 is 2.15. The Morgan fingerprint density at radius 3 is 1.62 bits per heavy atom. The summed E-state index contributed by atoms with van der Waals surface area (Å²) in [5.41, 5.74) is 1.80. The number of halogens is 1. The fourth-order valence-electron chi connectivity index (χ4n) is 2.46. The van der Waals surface area contributed by atoms with Crippen LogP contribution in [-0.4, -0.2) is 8.42 Å². The molecule has 3 aromatic carbocycles. The van der Waals surface area contributed by atoms with E-state index in [0.717, 1.165) is 14.7 Å². The third-order valence-electron chi connectivity index (χ3n) is 3.66. The molecule has 24 heavy (non-hydrogen) atoms. The molecule has 0 saturated carbocycles. The maximum atomic E-state index is 12.8. The fourth-order valence-corrected chi connectivity index (χ4v) is 4.03. The van der Waals surface area contributed by atoms with Crippen LogP contribution in [0.4, 0.5) is 0 Å². The lowest BCUT2D eigenvalue weighted by Gasteiger charge is -2.20. The van der Waals surface area contributed by atoms with Crippen LogP contribution in [0.5, 0.6) is 0 Å². The normalized spacial score (nSPS) is 11.6. The van der Waals surface area contributed by atoms with Gasteiger partial charge in [0, 0.05) is 3.57 Å². The van der Waals surface area contributed by atoms with Crippen molar-refractivity contribution in [2.24, 2.45) is 0 Å². The lowest BCUT2D eigenvalue weighted by Crippen LogP contribution is -2.29. The molecule has 0 unspecified atom stereocenters. The molecule has 0 amide bonds. The minimum atomic E-state index is -3.63. The van der Waals surface area contributed by atoms with Crippen LogP contribution < -0.4 is 4.72 Å². The average molecular weight is 449 g/mol. The Bertz CT molecular complexity index is 856. The van der Waals surface area contributed by atoms with Crippen molar-refractivity contribution < 1.29 is 8.42 Å². The second-order valence-electron chi connectivity index (χ2n) is 5.33. The summed E-state index contributed by atoms with van der Waals surface area (Å²) in [7, 11) is -3.63. The molecule has 0 aliphatic heterocycles. The van der Waals surface area contributed by atoms with Gasteiger partial charge in [0.05, 0.1) is 10.9 Å². The molecule has 3 aromatic rings. The van der Waals surface area contributed by atoms with Crippen molar-refractivity contribution in [2.45, 2.75) is 10.9 Å². The molecule has 0 atom stereocenters. The van der Waals surface area contributed by atoms with E-state index in [9.17, 15) is 8.42 Å². The number of nitrogens with one attached hydrogen (secondary N) is 1. The molecule has 1 N–H and O–H groups in total. The summed E-state index contributed by atoms with van der Waals surface area (Å²) in [4.78, 5) is 0.264. The topological polar surface area (TPSA) is 46.2 Å². The molecule has 0 aromatic heterocycles. The Balaban J connectivity index is 1.99. The minimum Gasteiger partial charge on any atom is -0.207 e. The molecule has 0 heterocycles. The number of hydrogen-bond donors (Lipinski definition) is 1. The van der Waals surface area contributed by atoms with Gasteiger partial charge in [-0.2, -0.15) is 4.72 Å². The van der Waals surface area contributed by atoms with Crippen LogP contribution in [-0.2, 0) is 10.0 Å². The van der Waals surface area contributed by atoms with Crippen LogP contribution in [0, 0.1) is 3.57 Å². The van der Waals surface area contributed by atoms with E-state index in [1.165, 1.54) is 0 Å². The summed E-state index contributed by atoms with van der Waals surface area (Å²) in [5, 5.41) is 0. The molecule has 0 radical (unpaired) electrons. The van der Waals surface area contributed by atoms with E-state index in [1.54, 1.807) is 24.3 Å². The SMILES string of the molecule is O=S(=O)(NC(c1ccccc1)c1ccccc1)c1ccc(I)cc1. The van der Waals surface area contributed by atoms with Gasteiger partial charge in [0.15, 0.2) is 0 Å².